The van der Waals surface area contributed by atoms with Crippen molar-refractivity contribution in [1.29, 1.82) is 0 Å². The van der Waals surface area contributed by atoms with E-state index in [0.717, 1.165) is 22.6 Å². The Morgan fingerprint density at radius 1 is 1.18 bits per heavy atom. The van der Waals surface area contributed by atoms with Crippen LogP contribution in [0.4, 0.5) is 4.79 Å². The molecule has 0 atom stereocenters. The minimum absolute atomic E-state index is 0.127. The van der Waals surface area contributed by atoms with Crippen LogP contribution in [0.1, 0.15) is 18.1 Å². The van der Waals surface area contributed by atoms with Gasteiger partial charge in [-0.05, 0) is 48.4 Å². The summed E-state index contributed by atoms with van der Waals surface area (Å²) in [6, 6.07) is 11.2. The first-order chi connectivity index (χ1) is 13.7. The van der Waals surface area contributed by atoms with E-state index in [1.54, 1.807) is 22.0 Å². The number of rotatable bonds is 6. The van der Waals surface area contributed by atoms with E-state index >= 15 is 0 Å². The lowest BCUT2D eigenvalue weighted by Crippen LogP contribution is -2.39. The van der Waals surface area contributed by atoms with Crippen molar-refractivity contribution in [2.45, 2.75) is 20.0 Å². The maximum atomic E-state index is 12.6. The molecular formula is C20H21N5O3. The molecule has 144 valence electrons. The first-order valence-electron chi connectivity index (χ1n) is 9.09. The molecule has 0 saturated heterocycles. The number of carbonyl (C=O) groups is 1. The zero-order valence-corrected chi connectivity index (χ0v) is 15.5. The lowest BCUT2D eigenvalue weighted by atomic mass is 10.2. The minimum Gasteiger partial charge on any atom is -0.454 e. The van der Waals surface area contributed by atoms with Crippen molar-refractivity contribution in [3.63, 3.8) is 0 Å². The third-order valence-corrected chi connectivity index (χ3v) is 4.47. The Morgan fingerprint density at radius 3 is 2.89 bits per heavy atom. The van der Waals surface area contributed by atoms with Gasteiger partial charge in [0.05, 0.1) is 0 Å². The van der Waals surface area contributed by atoms with Crippen LogP contribution in [-0.2, 0) is 13.1 Å². The largest absolute Gasteiger partial charge is 0.454 e. The van der Waals surface area contributed by atoms with Crippen molar-refractivity contribution >= 4 is 6.03 Å². The van der Waals surface area contributed by atoms with Gasteiger partial charge in [-0.3, -0.25) is 0 Å². The van der Waals surface area contributed by atoms with Gasteiger partial charge in [0.2, 0.25) is 6.79 Å². The topological polar surface area (TPSA) is 81.5 Å². The number of urea groups is 1. The Balaban J connectivity index is 1.37. The van der Waals surface area contributed by atoms with Crippen LogP contribution in [0.2, 0.25) is 0 Å². The van der Waals surface area contributed by atoms with E-state index in [1.165, 1.54) is 0 Å². The van der Waals surface area contributed by atoms with E-state index in [9.17, 15) is 4.79 Å². The van der Waals surface area contributed by atoms with Gasteiger partial charge in [-0.1, -0.05) is 6.07 Å². The van der Waals surface area contributed by atoms with E-state index in [0.29, 0.717) is 25.5 Å². The number of pyridine rings is 1. The number of ether oxygens (including phenoxy) is 2. The Kier molecular flexibility index (Phi) is 5.09. The third-order valence-electron chi connectivity index (χ3n) is 4.47. The number of amides is 2. The van der Waals surface area contributed by atoms with Crippen molar-refractivity contribution in [2.75, 3.05) is 13.3 Å². The van der Waals surface area contributed by atoms with Gasteiger partial charge in [0.1, 0.15) is 0 Å². The molecule has 1 N–H and O–H groups in total. The fourth-order valence-corrected chi connectivity index (χ4v) is 2.98. The predicted molar refractivity (Wildman–Crippen MR) is 102 cm³/mol. The van der Waals surface area contributed by atoms with Crippen LogP contribution in [-0.4, -0.2) is 39.0 Å². The molecule has 2 aromatic heterocycles. The highest BCUT2D eigenvalue weighted by Crippen LogP contribution is 2.32. The number of hydrogen-bond acceptors (Lipinski definition) is 5. The molecule has 2 amide bonds. The summed E-state index contributed by atoms with van der Waals surface area (Å²) in [5.74, 6) is 2.17. The maximum Gasteiger partial charge on any atom is 0.317 e. The van der Waals surface area contributed by atoms with Crippen LogP contribution in [0.15, 0.2) is 55.0 Å². The summed E-state index contributed by atoms with van der Waals surface area (Å²) in [7, 11) is 0. The molecule has 1 aromatic carbocycles. The molecule has 0 aliphatic carbocycles. The lowest BCUT2D eigenvalue weighted by Gasteiger charge is -2.21. The summed E-state index contributed by atoms with van der Waals surface area (Å²) in [5, 5.41) is 7.14. The standard InChI is InChI=1S/C20H21N5O3/c1-2-24(13-16-4-5-17-18(10-16)28-14-27-17)20(26)22-12-15-6-8-21-19(11-15)25-9-3-7-23-25/h3-11H,2,12-14H2,1H3,(H,22,26). The second-order valence-electron chi connectivity index (χ2n) is 6.33. The van der Waals surface area contributed by atoms with Crippen molar-refractivity contribution in [3.05, 3.63) is 66.1 Å². The Morgan fingerprint density at radius 2 is 2.07 bits per heavy atom. The number of nitrogens with one attached hydrogen (secondary N) is 1. The second-order valence-corrected chi connectivity index (χ2v) is 6.33. The van der Waals surface area contributed by atoms with Gasteiger partial charge in [0, 0.05) is 38.2 Å². The van der Waals surface area contributed by atoms with Crippen LogP contribution in [0.25, 0.3) is 5.82 Å². The van der Waals surface area contributed by atoms with Gasteiger partial charge < -0.3 is 19.7 Å². The van der Waals surface area contributed by atoms with E-state index in [1.807, 2.05) is 49.5 Å². The Bertz CT molecular complexity index is 958. The molecule has 4 rings (SSSR count). The molecule has 3 heterocycles. The number of benzene rings is 1. The van der Waals surface area contributed by atoms with Gasteiger partial charge in [-0.25, -0.2) is 14.5 Å². The Hall–Kier alpha value is -3.55. The van der Waals surface area contributed by atoms with Crippen LogP contribution in [0.5, 0.6) is 11.5 Å². The smallest absolute Gasteiger partial charge is 0.317 e. The summed E-state index contributed by atoms with van der Waals surface area (Å²) in [5.41, 5.74) is 1.94. The zero-order valence-electron chi connectivity index (χ0n) is 15.5. The molecule has 0 fully saturated rings. The second kappa shape index (κ2) is 7.99. The quantitative estimate of drug-likeness (QED) is 0.712. The molecule has 8 heteroatoms. The van der Waals surface area contributed by atoms with Crippen LogP contribution in [0.3, 0.4) is 0 Å². The average Bonchev–Trinajstić information content (AvgIpc) is 3.42. The van der Waals surface area contributed by atoms with E-state index < -0.39 is 0 Å². The molecule has 0 radical (unpaired) electrons. The third kappa shape index (κ3) is 3.90. The number of hydrogen-bond donors (Lipinski definition) is 1. The van der Waals surface area contributed by atoms with Crippen LogP contribution < -0.4 is 14.8 Å². The molecule has 3 aromatic rings. The first-order valence-corrected chi connectivity index (χ1v) is 9.09. The fraction of sp³-hybridized carbons (Fsp3) is 0.250. The van der Waals surface area contributed by atoms with E-state index in [2.05, 4.69) is 15.4 Å². The molecule has 28 heavy (non-hydrogen) atoms. The van der Waals surface area contributed by atoms with Gasteiger partial charge in [-0.15, -0.1) is 0 Å². The van der Waals surface area contributed by atoms with Gasteiger partial charge in [0.25, 0.3) is 0 Å². The summed E-state index contributed by atoms with van der Waals surface area (Å²) in [6.45, 7) is 3.69. The van der Waals surface area contributed by atoms with Crippen LogP contribution in [0, 0.1) is 0 Å². The van der Waals surface area contributed by atoms with Crippen molar-refractivity contribution in [2.24, 2.45) is 0 Å². The summed E-state index contributed by atoms with van der Waals surface area (Å²) in [6.07, 6.45) is 5.24. The van der Waals surface area contributed by atoms with Crippen LogP contribution >= 0.6 is 0 Å². The highest BCUT2D eigenvalue weighted by molar-refractivity contribution is 5.74. The van der Waals surface area contributed by atoms with Gasteiger partial charge >= 0.3 is 6.03 Å². The molecule has 0 spiro atoms. The summed E-state index contributed by atoms with van der Waals surface area (Å²) in [4.78, 5) is 18.7. The monoisotopic (exact) mass is 379 g/mol. The van der Waals surface area contributed by atoms with Gasteiger partial charge in [-0.2, -0.15) is 5.10 Å². The van der Waals surface area contributed by atoms with Crippen molar-refractivity contribution in [1.82, 2.24) is 25.0 Å². The number of carbonyl (C=O) groups excluding carboxylic acids is 1. The normalized spacial score (nSPS) is 12.0. The predicted octanol–water partition coefficient (Wildman–Crippen LogP) is 2.73. The molecule has 0 unspecified atom stereocenters. The molecule has 1 aliphatic rings. The Labute approximate surface area is 162 Å². The molecule has 8 nitrogen and oxygen atoms in total. The first kappa shape index (κ1) is 17.8. The number of nitrogens with zero attached hydrogens (tertiary/aromatic N) is 4. The molecule has 1 aliphatic heterocycles. The zero-order chi connectivity index (χ0) is 19.3. The number of aromatic nitrogens is 3. The maximum absolute atomic E-state index is 12.6. The average molecular weight is 379 g/mol. The van der Waals surface area contributed by atoms with Crippen molar-refractivity contribution in [3.8, 4) is 17.3 Å². The molecular weight excluding hydrogens is 358 g/mol. The fourth-order valence-electron chi connectivity index (χ4n) is 2.98. The highest BCUT2D eigenvalue weighted by atomic mass is 16.7. The SMILES string of the molecule is CCN(Cc1ccc2c(c1)OCO2)C(=O)NCc1ccnc(-n2cccn2)c1. The number of fused-ring (bicyclic) bond motifs is 1. The van der Waals surface area contributed by atoms with Crippen molar-refractivity contribution < 1.29 is 14.3 Å². The van der Waals surface area contributed by atoms with E-state index in [-0.39, 0.29) is 12.8 Å². The van der Waals surface area contributed by atoms with Gasteiger partial charge in [0.15, 0.2) is 17.3 Å². The molecule has 0 bridgehead atoms. The molecule has 0 saturated carbocycles. The highest BCUT2D eigenvalue weighted by Gasteiger charge is 2.16. The van der Waals surface area contributed by atoms with E-state index in [4.69, 9.17) is 9.47 Å². The summed E-state index contributed by atoms with van der Waals surface area (Å²) < 4.78 is 12.4. The lowest BCUT2D eigenvalue weighted by molar-refractivity contribution is 0.173. The summed E-state index contributed by atoms with van der Waals surface area (Å²) >= 11 is 0. The minimum atomic E-state index is -0.127.